The maximum Gasteiger partial charge on any atom is 0.306 e. The molecule has 1 saturated heterocycles. The molecule has 1 aliphatic heterocycles. The maximum absolute atomic E-state index is 11.5. The third-order valence-corrected chi connectivity index (χ3v) is 4.84. The van der Waals surface area contributed by atoms with Crippen molar-refractivity contribution >= 4 is 5.97 Å². The highest BCUT2D eigenvalue weighted by Crippen LogP contribution is 2.56. The summed E-state index contributed by atoms with van der Waals surface area (Å²) in [7, 11) is 0. The van der Waals surface area contributed by atoms with E-state index in [0.29, 0.717) is 18.3 Å². The van der Waals surface area contributed by atoms with E-state index in [-0.39, 0.29) is 11.6 Å². The van der Waals surface area contributed by atoms with Gasteiger partial charge in [-0.1, -0.05) is 13.3 Å². The van der Waals surface area contributed by atoms with Crippen molar-refractivity contribution in [1.29, 1.82) is 0 Å². The monoisotopic (exact) mass is 208 g/mol. The lowest BCUT2D eigenvalue weighted by Crippen LogP contribution is -2.51. The summed E-state index contributed by atoms with van der Waals surface area (Å²) in [6, 6.07) is 0. The molecular weight excluding hydrogens is 188 g/mol. The van der Waals surface area contributed by atoms with E-state index >= 15 is 0 Å². The summed E-state index contributed by atoms with van der Waals surface area (Å²) in [6.45, 7) is 2.31. The number of rotatable bonds is 0. The minimum absolute atomic E-state index is 0.0208. The summed E-state index contributed by atoms with van der Waals surface area (Å²) in [4.78, 5) is 11.5. The Kier molecular flexibility index (Phi) is 2.08. The molecule has 0 N–H and O–H groups in total. The van der Waals surface area contributed by atoms with Crippen molar-refractivity contribution in [2.45, 2.75) is 57.5 Å². The quantitative estimate of drug-likeness (QED) is 0.572. The highest BCUT2D eigenvalue weighted by Gasteiger charge is 2.56. The Morgan fingerprint density at radius 1 is 1.27 bits per heavy atom. The molecule has 4 atom stereocenters. The van der Waals surface area contributed by atoms with E-state index in [1.54, 1.807) is 0 Å². The first-order valence-corrected chi connectivity index (χ1v) is 6.42. The predicted molar refractivity (Wildman–Crippen MR) is 57.3 cm³/mol. The molecule has 0 aromatic carbocycles. The van der Waals surface area contributed by atoms with Crippen LogP contribution < -0.4 is 0 Å². The molecule has 0 aromatic heterocycles. The highest BCUT2D eigenvalue weighted by atomic mass is 16.6. The van der Waals surface area contributed by atoms with Crippen LogP contribution in [0.5, 0.6) is 0 Å². The zero-order chi connectivity index (χ0) is 10.5. The van der Waals surface area contributed by atoms with Crippen LogP contribution in [0.2, 0.25) is 0 Å². The molecule has 2 nitrogen and oxygen atoms in total. The Labute approximate surface area is 91.4 Å². The topological polar surface area (TPSA) is 26.3 Å². The Morgan fingerprint density at radius 2 is 2.07 bits per heavy atom. The second kappa shape index (κ2) is 3.23. The molecule has 15 heavy (non-hydrogen) atoms. The van der Waals surface area contributed by atoms with Crippen molar-refractivity contribution < 1.29 is 9.53 Å². The fraction of sp³-hybridized carbons (Fsp3) is 0.923. The summed E-state index contributed by atoms with van der Waals surface area (Å²) < 4.78 is 5.83. The van der Waals surface area contributed by atoms with Crippen molar-refractivity contribution in [3.05, 3.63) is 0 Å². The van der Waals surface area contributed by atoms with E-state index in [1.807, 2.05) is 0 Å². The smallest absolute Gasteiger partial charge is 0.306 e. The first-order chi connectivity index (χ1) is 7.21. The van der Waals surface area contributed by atoms with Crippen molar-refractivity contribution in [1.82, 2.24) is 0 Å². The average Bonchev–Trinajstić information content (AvgIpc) is 2.50. The summed E-state index contributed by atoms with van der Waals surface area (Å²) in [5, 5.41) is 0. The molecule has 3 rings (SSSR count). The first-order valence-electron chi connectivity index (χ1n) is 6.42. The van der Waals surface area contributed by atoms with Gasteiger partial charge >= 0.3 is 5.97 Å². The van der Waals surface area contributed by atoms with Crippen molar-refractivity contribution in [2.24, 2.45) is 17.8 Å². The zero-order valence-corrected chi connectivity index (χ0v) is 9.50. The molecule has 1 unspecified atom stereocenters. The van der Waals surface area contributed by atoms with E-state index in [4.69, 9.17) is 4.74 Å². The normalized spacial score (nSPS) is 49.4. The van der Waals surface area contributed by atoms with E-state index < -0.39 is 0 Å². The van der Waals surface area contributed by atoms with Crippen molar-refractivity contribution in [3.8, 4) is 0 Å². The van der Waals surface area contributed by atoms with E-state index in [9.17, 15) is 4.79 Å². The minimum Gasteiger partial charge on any atom is -0.458 e. The van der Waals surface area contributed by atoms with Gasteiger partial charge in [0, 0.05) is 6.42 Å². The summed E-state index contributed by atoms with van der Waals surface area (Å²) in [5.41, 5.74) is -0.0208. The number of carbonyl (C=O) groups is 1. The van der Waals surface area contributed by atoms with Crippen molar-refractivity contribution in [2.75, 3.05) is 0 Å². The number of carbonyl (C=O) groups excluding carboxylic acids is 1. The molecule has 2 aliphatic carbocycles. The van der Waals surface area contributed by atoms with Crippen LogP contribution in [0, 0.1) is 17.8 Å². The van der Waals surface area contributed by atoms with Gasteiger partial charge in [-0.15, -0.1) is 0 Å². The van der Waals surface area contributed by atoms with Gasteiger partial charge in [0.25, 0.3) is 0 Å². The van der Waals surface area contributed by atoms with Gasteiger partial charge in [-0.2, -0.15) is 0 Å². The summed E-state index contributed by atoms with van der Waals surface area (Å²) in [5.74, 6) is 2.17. The molecule has 1 spiro atoms. The molecule has 0 radical (unpaired) electrons. The zero-order valence-electron chi connectivity index (χ0n) is 9.50. The molecule has 0 bridgehead atoms. The predicted octanol–water partition coefficient (Wildman–Crippen LogP) is 2.91. The van der Waals surface area contributed by atoms with Gasteiger partial charge in [0.15, 0.2) is 0 Å². The molecule has 2 saturated carbocycles. The lowest BCUT2D eigenvalue weighted by Gasteiger charge is -2.48. The SMILES string of the molecule is CC1C[C@@H]2CCC[C@H]3CCC(=O)O[C@]32C1. The number of hydrogen-bond acceptors (Lipinski definition) is 2. The van der Waals surface area contributed by atoms with Gasteiger partial charge in [-0.3, -0.25) is 4.79 Å². The molecule has 2 heteroatoms. The second-order valence-corrected chi connectivity index (χ2v) is 5.84. The fourth-order valence-electron chi connectivity index (χ4n) is 4.35. The van der Waals surface area contributed by atoms with Crippen LogP contribution in [-0.2, 0) is 9.53 Å². The summed E-state index contributed by atoms with van der Waals surface area (Å²) >= 11 is 0. The van der Waals surface area contributed by atoms with Crippen LogP contribution in [0.15, 0.2) is 0 Å². The van der Waals surface area contributed by atoms with Crippen molar-refractivity contribution in [3.63, 3.8) is 0 Å². The van der Waals surface area contributed by atoms with Crippen LogP contribution >= 0.6 is 0 Å². The van der Waals surface area contributed by atoms with Crippen LogP contribution in [0.4, 0.5) is 0 Å². The lowest BCUT2D eigenvalue weighted by atomic mass is 9.67. The molecule has 0 aromatic rings. The van der Waals surface area contributed by atoms with Crippen LogP contribution in [-0.4, -0.2) is 11.6 Å². The summed E-state index contributed by atoms with van der Waals surface area (Å²) in [6.07, 6.45) is 8.08. The highest BCUT2D eigenvalue weighted by molar-refractivity contribution is 5.71. The van der Waals surface area contributed by atoms with Gasteiger partial charge in [0.05, 0.1) is 0 Å². The number of esters is 1. The molecule has 1 heterocycles. The fourth-order valence-corrected chi connectivity index (χ4v) is 4.35. The Morgan fingerprint density at radius 3 is 2.93 bits per heavy atom. The van der Waals surface area contributed by atoms with Crippen LogP contribution in [0.1, 0.15) is 51.9 Å². The van der Waals surface area contributed by atoms with E-state index in [0.717, 1.165) is 18.8 Å². The van der Waals surface area contributed by atoms with Gasteiger partial charge in [0.1, 0.15) is 5.60 Å². The molecule has 3 aliphatic rings. The van der Waals surface area contributed by atoms with Gasteiger partial charge < -0.3 is 4.74 Å². The minimum atomic E-state index is -0.0208. The average molecular weight is 208 g/mol. The molecule has 3 fully saturated rings. The third-order valence-electron chi connectivity index (χ3n) is 4.84. The number of hydrogen-bond donors (Lipinski definition) is 0. The number of ether oxygens (including phenoxy) is 1. The standard InChI is InChI=1S/C13H20O2/c1-9-7-11-4-2-3-10-5-6-12(14)15-13(10,11)8-9/h9-11H,2-8H2,1H3/t9?,10-,11-,13+/m0/s1. The second-order valence-electron chi connectivity index (χ2n) is 5.84. The molecule has 0 amide bonds. The first kappa shape index (κ1) is 9.68. The third kappa shape index (κ3) is 1.33. The molecule has 84 valence electrons. The van der Waals surface area contributed by atoms with E-state index in [1.165, 1.54) is 25.7 Å². The van der Waals surface area contributed by atoms with Crippen LogP contribution in [0.25, 0.3) is 0 Å². The Bertz CT molecular complexity index is 278. The lowest BCUT2D eigenvalue weighted by molar-refractivity contribution is -0.189. The van der Waals surface area contributed by atoms with Crippen LogP contribution in [0.3, 0.4) is 0 Å². The maximum atomic E-state index is 11.5. The molecular formula is C13H20O2. The Hall–Kier alpha value is -0.530. The van der Waals surface area contributed by atoms with E-state index in [2.05, 4.69) is 6.92 Å². The van der Waals surface area contributed by atoms with Gasteiger partial charge in [-0.05, 0) is 49.9 Å². The van der Waals surface area contributed by atoms with Gasteiger partial charge in [0.2, 0.25) is 0 Å². The van der Waals surface area contributed by atoms with Gasteiger partial charge in [-0.25, -0.2) is 0 Å². The largest absolute Gasteiger partial charge is 0.458 e. The Balaban J connectivity index is 1.93.